The average molecular weight is 367 g/mol. The van der Waals surface area contributed by atoms with E-state index in [9.17, 15) is 4.79 Å². The van der Waals surface area contributed by atoms with Gasteiger partial charge in [-0.25, -0.2) is 4.79 Å². The van der Waals surface area contributed by atoms with E-state index >= 15 is 0 Å². The number of amides is 1. The maximum atomic E-state index is 11.6. The highest BCUT2D eigenvalue weighted by Gasteiger charge is 2.32. The van der Waals surface area contributed by atoms with Gasteiger partial charge in [0.25, 0.3) is 0 Å². The van der Waals surface area contributed by atoms with E-state index in [4.69, 9.17) is 16.3 Å². The maximum absolute atomic E-state index is 11.6. The molecule has 0 bridgehead atoms. The van der Waals surface area contributed by atoms with Crippen LogP contribution >= 0.6 is 11.6 Å². The third-order valence-corrected chi connectivity index (χ3v) is 4.35. The minimum atomic E-state index is -0.355. The summed E-state index contributed by atoms with van der Waals surface area (Å²) in [5.74, 6) is 1.24. The van der Waals surface area contributed by atoms with Crippen LogP contribution in [0.4, 0.5) is 4.79 Å². The Morgan fingerprint density at radius 3 is 2.64 bits per heavy atom. The molecule has 1 unspecified atom stereocenters. The predicted octanol–water partition coefficient (Wildman–Crippen LogP) is 2.57. The highest BCUT2D eigenvalue weighted by atomic mass is 35.5. The van der Waals surface area contributed by atoms with Gasteiger partial charge in [0.15, 0.2) is 5.96 Å². The zero-order valence-corrected chi connectivity index (χ0v) is 15.6. The Morgan fingerprint density at radius 2 is 2.04 bits per heavy atom. The summed E-state index contributed by atoms with van der Waals surface area (Å²) in [7, 11) is 1.74. The van der Waals surface area contributed by atoms with E-state index in [2.05, 4.69) is 20.9 Å². The van der Waals surface area contributed by atoms with Crippen LogP contribution in [0.1, 0.15) is 25.3 Å². The first kappa shape index (κ1) is 19.4. The fourth-order valence-electron chi connectivity index (χ4n) is 2.56. The van der Waals surface area contributed by atoms with Crippen LogP contribution < -0.4 is 16.0 Å². The lowest BCUT2D eigenvalue weighted by atomic mass is 10.1. The number of nitrogens with zero attached hydrogens (tertiary/aromatic N) is 1. The molecular formula is C18H27ClN4O2. The summed E-state index contributed by atoms with van der Waals surface area (Å²) in [6, 6.07) is 7.89. The second kappa shape index (κ2) is 10.1. The molecule has 1 aliphatic rings. The first-order valence-electron chi connectivity index (χ1n) is 8.74. The quantitative estimate of drug-likeness (QED) is 0.488. The lowest BCUT2D eigenvalue weighted by Crippen LogP contribution is -2.48. The van der Waals surface area contributed by atoms with E-state index in [0.717, 1.165) is 36.8 Å². The van der Waals surface area contributed by atoms with Gasteiger partial charge in [-0.15, -0.1) is 0 Å². The molecule has 3 N–H and O–H groups in total. The molecule has 0 radical (unpaired) electrons. The largest absolute Gasteiger partial charge is 0.450 e. The van der Waals surface area contributed by atoms with Crippen LogP contribution in [0, 0.1) is 5.92 Å². The van der Waals surface area contributed by atoms with Gasteiger partial charge in [-0.2, -0.15) is 0 Å². The van der Waals surface area contributed by atoms with Gasteiger partial charge in [-0.1, -0.05) is 23.7 Å². The molecule has 1 atom stereocenters. The Labute approximate surface area is 154 Å². The van der Waals surface area contributed by atoms with Crippen molar-refractivity contribution in [2.45, 2.75) is 32.2 Å². The zero-order chi connectivity index (χ0) is 18.1. The highest BCUT2D eigenvalue weighted by Crippen LogP contribution is 2.32. The van der Waals surface area contributed by atoms with Gasteiger partial charge in [0.1, 0.15) is 0 Å². The predicted molar refractivity (Wildman–Crippen MR) is 101 cm³/mol. The Bertz CT molecular complexity index is 573. The first-order chi connectivity index (χ1) is 12.1. The van der Waals surface area contributed by atoms with Crippen molar-refractivity contribution in [1.29, 1.82) is 0 Å². The van der Waals surface area contributed by atoms with E-state index < -0.39 is 0 Å². The Hall–Kier alpha value is -1.95. The number of halogens is 1. The Kier molecular flexibility index (Phi) is 7.85. The van der Waals surface area contributed by atoms with Crippen molar-refractivity contribution in [3.8, 4) is 0 Å². The van der Waals surface area contributed by atoms with Crippen LogP contribution in [0.5, 0.6) is 0 Å². The van der Waals surface area contributed by atoms with E-state index in [1.807, 2.05) is 24.3 Å². The summed E-state index contributed by atoms with van der Waals surface area (Å²) < 4.78 is 4.97. The number of alkyl carbamates (subject to hydrolysis) is 1. The van der Waals surface area contributed by atoms with E-state index in [1.165, 1.54) is 5.56 Å². The van der Waals surface area contributed by atoms with Gasteiger partial charge in [0, 0.05) is 25.2 Å². The molecule has 6 nitrogen and oxygen atoms in total. The second-order valence-corrected chi connectivity index (χ2v) is 6.50. The number of guanidine groups is 1. The normalized spacial score (nSPS) is 15.4. The van der Waals surface area contributed by atoms with Crippen molar-refractivity contribution in [2.75, 3.05) is 26.7 Å². The van der Waals surface area contributed by atoms with Crippen molar-refractivity contribution >= 4 is 23.7 Å². The molecule has 0 aliphatic heterocycles. The first-order valence-corrected chi connectivity index (χ1v) is 9.12. The van der Waals surface area contributed by atoms with E-state index in [0.29, 0.717) is 19.1 Å². The fourth-order valence-corrected chi connectivity index (χ4v) is 2.69. The number of hydrogen-bond acceptors (Lipinski definition) is 3. The van der Waals surface area contributed by atoms with Crippen molar-refractivity contribution in [3.05, 3.63) is 34.9 Å². The molecule has 0 saturated heterocycles. The smallest absolute Gasteiger partial charge is 0.407 e. The summed E-state index contributed by atoms with van der Waals surface area (Å²) in [6.07, 6.45) is 2.81. The number of aliphatic imine (C=N–C) groups is 1. The molecule has 0 heterocycles. The molecule has 0 aromatic heterocycles. The molecule has 138 valence electrons. The molecule has 2 rings (SSSR count). The molecule has 1 amide bonds. The molecular weight excluding hydrogens is 340 g/mol. The third kappa shape index (κ3) is 7.22. The van der Waals surface area contributed by atoms with Crippen molar-refractivity contribution in [2.24, 2.45) is 10.9 Å². The molecule has 25 heavy (non-hydrogen) atoms. The Balaban J connectivity index is 1.72. The molecule has 1 aromatic rings. The van der Waals surface area contributed by atoms with Gasteiger partial charge >= 0.3 is 6.09 Å². The number of carbonyl (C=O) groups is 1. The van der Waals surface area contributed by atoms with Crippen molar-refractivity contribution in [3.63, 3.8) is 0 Å². The number of carbonyl (C=O) groups excluding carboxylic acids is 1. The van der Waals surface area contributed by atoms with Crippen LogP contribution in [0.15, 0.2) is 29.3 Å². The summed E-state index contributed by atoms with van der Waals surface area (Å²) in [5.41, 5.74) is 1.21. The summed E-state index contributed by atoms with van der Waals surface area (Å²) in [5, 5.41) is 10.2. The zero-order valence-electron chi connectivity index (χ0n) is 14.8. The lowest BCUT2D eigenvalue weighted by Gasteiger charge is -2.20. The number of rotatable bonds is 8. The average Bonchev–Trinajstić information content (AvgIpc) is 3.43. The maximum Gasteiger partial charge on any atom is 0.407 e. The van der Waals surface area contributed by atoms with Gasteiger partial charge in [0.2, 0.25) is 0 Å². The molecule has 1 fully saturated rings. The number of benzene rings is 1. The van der Waals surface area contributed by atoms with Crippen LogP contribution in [0.25, 0.3) is 0 Å². The van der Waals surface area contributed by atoms with E-state index in [1.54, 1.807) is 14.0 Å². The minimum Gasteiger partial charge on any atom is -0.450 e. The van der Waals surface area contributed by atoms with E-state index in [-0.39, 0.29) is 12.1 Å². The third-order valence-electron chi connectivity index (χ3n) is 4.10. The topological polar surface area (TPSA) is 74.8 Å². The summed E-state index contributed by atoms with van der Waals surface area (Å²) in [4.78, 5) is 15.9. The number of ether oxygens (including phenoxy) is 1. The monoisotopic (exact) mass is 366 g/mol. The van der Waals surface area contributed by atoms with Gasteiger partial charge in [-0.3, -0.25) is 4.99 Å². The molecule has 7 heteroatoms. The SMILES string of the molecule is CCOC(=O)NC(CNC(=NC)NCCc1ccc(Cl)cc1)C1CC1. The molecule has 1 aliphatic carbocycles. The second-order valence-electron chi connectivity index (χ2n) is 6.07. The van der Waals surface area contributed by atoms with Gasteiger partial charge in [-0.05, 0) is 49.8 Å². The van der Waals surface area contributed by atoms with Gasteiger partial charge < -0.3 is 20.7 Å². The minimum absolute atomic E-state index is 0.0638. The standard InChI is InChI=1S/C18H27ClN4O2/c1-3-25-18(24)23-16(14-6-7-14)12-22-17(20-2)21-11-10-13-4-8-15(19)9-5-13/h4-5,8-9,14,16H,3,6-7,10-12H2,1-2H3,(H,23,24)(H2,20,21,22). The van der Waals surface area contributed by atoms with Crippen LogP contribution in [-0.4, -0.2) is 44.8 Å². The van der Waals surface area contributed by atoms with Crippen molar-refractivity contribution in [1.82, 2.24) is 16.0 Å². The molecule has 1 saturated carbocycles. The lowest BCUT2D eigenvalue weighted by molar-refractivity contribution is 0.146. The summed E-state index contributed by atoms with van der Waals surface area (Å²) >= 11 is 5.89. The Morgan fingerprint density at radius 1 is 1.32 bits per heavy atom. The van der Waals surface area contributed by atoms with Crippen LogP contribution in [-0.2, 0) is 11.2 Å². The number of hydrogen-bond donors (Lipinski definition) is 3. The van der Waals surface area contributed by atoms with Crippen molar-refractivity contribution < 1.29 is 9.53 Å². The van der Waals surface area contributed by atoms with Crippen LogP contribution in [0.2, 0.25) is 5.02 Å². The van der Waals surface area contributed by atoms with Crippen LogP contribution in [0.3, 0.4) is 0 Å². The van der Waals surface area contributed by atoms with Gasteiger partial charge in [0.05, 0.1) is 12.6 Å². The fraction of sp³-hybridized carbons (Fsp3) is 0.556. The molecule has 1 aromatic carbocycles. The molecule has 0 spiro atoms. The summed E-state index contributed by atoms with van der Waals surface area (Å²) in [6.45, 7) is 3.58. The number of nitrogens with one attached hydrogen (secondary N) is 3. The highest BCUT2D eigenvalue weighted by molar-refractivity contribution is 6.30.